The molecular formula is C14H30N2. The third-order valence-electron chi connectivity index (χ3n) is 3.75. The van der Waals surface area contributed by atoms with Gasteiger partial charge in [0.2, 0.25) is 0 Å². The summed E-state index contributed by atoms with van der Waals surface area (Å²) in [6.45, 7) is 11.8. The Kier molecular flexibility index (Phi) is 6.37. The summed E-state index contributed by atoms with van der Waals surface area (Å²) in [7, 11) is 0. The Morgan fingerprint density at radius 2 is 2.00 bits per heavy atom. The molecule has 1 aliphatic rings. The molecule has 0 spiro atoms. The van der Waals surface area contributed by atoms with E-state index in [1.54, 1.807) is 0 Å². The fourth-order valence-corrected chi connectivity index (χ4v) is 2.92. The lowest BCUT2D eigenvalue weighted by molar-refractivity contribution is 0.142. The Hall–Kier alpha value is -0.0800. The molecule has 0 aromatic heterocycles. The lowest BCUT2D eigenvalue weighted by Gasteiger charge is -2.35. The molecule has 0 amide bonds. The standard InChI is InChI=1S/C14H30N2/c1-5-10-16(12(2)3)13(4)11-14-8-6-7-9-15-14/h12-15H,5-11H2,1-4H3. The number of hydrogen-bond acceptors (Lipinski definition) is 2. The minimum absolute atomic E-state index is 0.679. The lowest BCUT2D eigenvalue weighted by Crippen LogP contribution is -2.44. The van der Waals surface area contributed by atoms with Crippen molar-refractivity contribution in [2.24, 2.45) is 0 Å². The van der Waals surface area contributed by atoms with E-state index < -0.39 is 0 Å². The summed E-state index contributed by atoms with van der Waals surface area (Å²) in [6.07, 6.45) is 6.74. The van der Waals surface area contributed by atoms with Gasteiger partial charge in [0.15, 0.2) is 0 Å². The highest BCUT2D eigenvalue weighted by atomic mass is 15.2. The third kappa shape index (κ3) is 4.42. The first-order valence-corrected chi connectivity index (χ1v) is 7.14. The smallest absolute Gasteiger partial charge is 0.00844 e. The van der Waals surface area contributed by atoms with E-state index in [0.29, 0.717) is 6.04 Å². The SMILES string of the molecule is CCCN(C(C)C)C(C)CC1CCCCN1. The van der Waals surface area contributed by atoms with Crippen molar-refractivity contribution >= 4 is 0 Å². The topological polar surface area (TPSA) is 15.3 Å². The molecule has 0 aliphatic carbocycles. The first-order chi connectivity index (χ1) is 7.65. The highest BCUT2D eigenvalue weighted by Crippen LogP contribution is 2.17. The molecule has 2 nitrogen and oxygen atoms in total. The van der Waals surface area contributed by atoms with E-state index in [1.165, 1.54) is 45.2 Å². The van der Waals surface area contributed by atoms with Crippen LogP contribution in [-0.2, 0) is 0 Å². The van der Waals surface area contributed by atoms with Crippen molar-refractivity contribution in [3.8, 4) is 0 Å². The van der Waals surface area contributed by atoms with E-state index >= 15 is 0 Å². The van der Waals surface area contributed by atoms with Crippen molar-refractivity contribution < 1.29 is 0 Å². The number of piperidine rings is 1. The molecule has 1 aliphatic heterocycles. The molecule has 96 valence electrons. The zero-order valence-electron chi connectivity index (χ0n) is 11.6. The molecule has 2 atom stereocenters. The second kappa shape index (κ2) is 7.29. The minimum Gasteiger partial charge on any atom is -0.314 e. The van der Waals surface area contributed by atoms with E-state index in [0.717, 1.165) is 12.1 Å². The van der Waals surface area contributed by atoms with Crippen LogP contribution in [-0.4, -0.2) is 36.1 Å². The molecule has 16 heavy (non-hydrogen) atoms. The largest absolute Gasteiger partial charge is 0.314 e. The summed E-state index contributed by atoms with van der Waals surface area (Å²) in [6, 6.07) is 2.16. The van der Waals surface area contributed by atoms with Crippen LogP contribution in [0.5, 0.6) is 0 Å². The Labute approximate surface area is 102 Å². The molecule has 1 fully saturated rings. The second-order valence-electron chi connectivity index (χ2n) is 5.56. The Morgan fingerprint density at radius 1 is 1.25 bits per heavy atom. The second-order valence-corrected chi connectivity index (χ2v) is 5.56. The fourth-order valence-electron chi connectivity index (χ4n) is 2.92. The molecule has 1 heterocycles. The molecule has 1 saturated heterocycles. The number of nitrogens with one attached hydrogen (secondary N) is 1. The predicted molar refractivity (Wildman–Crippen MR) is 71.9 cm³/mol. The molecule has 0 radical (unpaired) electrons. The van der Waals surface area contributed by atoms with Gasteiger partial charge in [0, 0.05) is 18.1 Å². The van der Waals surface area contributed by atoms with E-state index in [9.17, 15) is 0 Å². The van der Waals surface area contributed by atoms with Crippen molar-refractivity contribution in [2.45, 2.75) is 77.9 Å². The Bertz CT molecular complexity index is 174. The van der Waals surface area contributed by atoms with Crippen molar-refractivity contribution in [3.05, 3.63) is 0 Å². The van der Waals surface area contributed by atoms with Gasteiger partial charge in [-0.05, 0) is 59.5 Å². The molecule has 1 rings (SSSR count). The van der Waals surface area contributed by atoms with Gasteiger partial charge in [-0.2, -0.15) is 0 Å². The average Bonchev–Trinajstić information content (AvgIpc) is 2.26. The molecule has 0 aromatic rings. The van der Waals surface area contributed by atoms with Crippen LogP contribution in [0.25, 0.3) is 0 Å². The maximum absolute atomic E-state index is 3.66. The van der Waals surface area contributed by atoms with E-state index in [1.807, 2.05) is 0 Å². The summed E-state index contributed by atoms with van der Waals surface area (Å²) in [5.41, 5.74) is 0. The van der Waals surface area contributed by atoms with Crippen LogP contribution in [0.2, 0.25) is 0 Å². The highest BCUT2D eigenvalue weighted by molar-refractivity contribution is 4.79. The number of rotatable bonds is 6. The lowest BCUT2D eigenvalue weighted by atomic mass is 9.97. The van der Waals surface area contributed by atoms with Crippen LogP contribution >= 0.6 is 0 Å². The van der Waals surface area contributed by atoms with Gasteiger partial charge in [0.1, 0.15) is 0 Å². The molecule has 0 bridgehead atoms. The van der Waals surface area contributed by atoms with E-state index in [4.69, 9.17) is 0 Å². The minimum atomic E-state index is 0.679. The molecule has 2 unspecified atom stereocenters. The first-order valence-electron chi connectivity index (χ1n) is 7.14. The van der Waals surface area contributed by atoms with Gasteiger partial charge in [-0.25, -0.2) is 0 Å². The van der Waals surface area contributed by atoms with Crippen LogP contribution in [0.1, 0.15) is 59.8 Å². The van der Waals surface area contributed by atoms with Gasteiger partial charge >= 0.3 is 0 Å². The highest BCUT2D eigenvalue weighted by Gasteiger charge is 2.21. The van der Waals surface area contributed by atoms with Crippen molar-refractivity contribution in [2.75, 3.05) is 13.1 Å². The summed E-state index contributed by atoms with van der Waals surface area (Å²) >= 11 is 0. The third-order valence-corrected chi connectivity index (χ3v) is 3.75. The van der Waals surface area contributed by atoms with E-state index in [2.05, 4.69) is 37.9 Å². The van der Waals surface area contributed by atoms with Gasteiger partial charge in [-0.15, -0.1) is 0 Å². The van der Waals surface area contributed by atoms with Gasteiger partial charge in [-0.3, -0.25) is 4.90 Å². The van der Waals surface area contributed by atoms with Crippen molar-refractivity contribution in [1.82, 2.24) is 10.2 Å². The van der Waals surface area contributed by atoms with Crippen molar-refractivity contribution in [3.63, 3.8) is 0 Å². The Morgan fingerprint density at radius 3 is 2.50 bits per heavy atom. The van der Waals surface area contributed by atoms with Crippen molar-refractivity contribution in [1.29, 1.82) is 0 Å². The van der Waals surface area contributed by atoms with Crippen LogP contribution in [0.15, 0.2) is 0 Å². The summed E-state index contributed by atoms with van der Waals surface area (Å²) in [4.78, 5) is 2.65. The molecule has 2 heteroatoms. The number of nitrogens with zero attached hydrogens (tertiary/aromatic N) is 1. The monoisotopic (exact) mass is 226 g/mol. The first kappa shape index (κ1) is 14.0. The van der Waals surface area contributed by atoms with Gasteiger partial charge in [-0.1, -0.05) is 13.3 Å². The maximum Gasteiger partial charge on any atom is 0.00844 e. The summed E-state index contributed by atoms with van der Waals surface area (Å²) in [5, 5.41) is 3.66. The average molecular weight is 226 g/mol. The fraction of sp³-hybridized carbons (Fsp3) is 1.00. The molecule has 0 saturated carbocycles. The zero-order chi connectivity index (χ0) is 12.0. The molecule has 1 N–H and O–H groups in total. The zero-order valence-corrected chi connectivity index (χ0v) is 11.6. The van der Waals surface area contributed by atoms with Crippen LogP contribution in [0.4, 0.5) is 0 Å². The predicted octanol–water partition coefficient (Wildman–Crippen LogP) is 3.03. The Balaban J connectivity index is 2.37. The normalized spacial score (nSPS) is 24.0. The van der Waals surface area contributed by atoms with Gasteiger partial charge in [0.05, 0.1) is 0 Å². The molecule has 0 aromatic carbocycles. The van der Waals surface area contributed by atoms with Crippen LogP contribution in [0, 0.1) is 0 Å². The number of hydrogen-bond donors (Lipinski definition) is 1. The quantitative estimate of drug-likeness (QED) is 0.749. The summed E-state index contributed by atoms with van der Waals surface area (Å²) in [5.74, 6) is 0. The molecular weight excluding hydrogens is 196 g/mol. The van der Waals surface area contributed by atoms with E-state index in [-0.39, 0.29) is 0 Å². The summed E-state index contributed by atoms with van der Waals surface area (Å²) < 4.78 is 0. The van der Waals surface area contributed by atoms with Crippen LogP contribution < -0.4 is 5.32 Å². The van der Waals surface area contributed by atoms with Gasteiger partial charge < -0.3 is 5.32 Å². The van der Waals surface area contributed by atoms with Crippen LogP contribution in [0.3, 0.4) is 0 Å². The maximum atomic E-state index is 3.66. The van der Waals surface area contributed by atoms with Gasteiger partial charge in [0.25, 0.3) is 0 Å².